The highest BCUT2D eigenvalue weighted by Gasteiger charge is 2.19. The van der Waals surface area contributed by atoms with Crippen LogP contribution in [0.15, 0.2) is 18.2 Å². The van der Waals surface area contributed by atoms with Gasteiger partial charge in [0.25, 0.3) is 0 Å². The quantitative estimate of drug-likeness (QED) is 0.385. The van der Waals surface area contributed by atoms with Crippen molar-refractivity contribution in [1.82, 2.24) is 10.6 Å². The van der Waals surface area contributed by atoms with Crippen molar-refractivity contribution in [1.29, 1.82) is 0 Å². The van der Waals surface area contributed by atoms with Crippen LogP contribution < -0.4 is 16.0 Å². The van der Waals surface area contributed by atoms with Gasteiger partial charge in [0.1, 0.15) is 5.56 Å². The molecule has 2 rings (SSSR count). The molecule has 7 nitrogen and oxygen atoms in total. The molecular formula is C14H19N3O4. The third-order valence-corrected chi connectivity index (χ3v) is 3.16. The van der Waals surface area contributed by atoms with Crippen LogP contribution in [0.1, 0.15) is 29.6 Å². The van der Waals surface area contributed by atoms with E-state index in [4.69, 9.17) is 5.11 Å². The number of carbonyl (C=O) groups is 2. The minimum absolute atomic E-state index is 0.0727. The first-order chi connectivity index (χ1) is 10.1. The van der Waals surface area contributed by atoms with Crippen molar-refractivity contribution in [2.45, 2.75) is 25.3 Å². The number of aromatic carboxylic acids is 1. The Morgan fingerprint density at radius 1 is 1.24 bits per heavy atom. The minimum atomic E-state index is -1.25. The van der Waals surface area contributed by atoms with Crippen LogP contribution in [0.3, 0.4) is 0 Å². The lowest BCUT2D eigenvalue weighted by atomic mass is 10.2. The van der Waals surface area contributed by atoms with Crippen LogP contribution in [0, 0.1) is 0 Å². The maximum Gasteiger partial charge on any atom is 0.339 e. The molecule has 0 bridgehead atoms. The highest BCUT2D eigenvalue weighted by atomic mass is 16.4. The van der Waals surface area contributed by atoms with E-state index in [0.29, 0.717) is 12.6 Å². The molecule has 0 atom stereocenters. The van der Waals surface area contributed by atoms with E-state index < -0.39 is 17.7 Å². The zero-order valence-corrected chi connectivity index (χ0v) is 11.6. The number of hydrogen-bond acceptors (Lipinski definition) is 4. The smallest absolute Gasteiger partial charge is 0.339 e. The summed E-state index contributed by atoms with van der Waals surface area (Å²) in [6, 6.07) is 4.34. The second-order valence-electron chi connectivity index (χ2n) is 4.97. The SMILES string of the molecule is O=C(NCCCNC1CC1)Nc1cccc(C(=O)O)c1O. The second kappa shape index (κ2) is 6.94. The van der Waals surface area contributed by atoms with E-state index in [0.717, 1.165) is 13.0 Å². The third kappa shape index (κ3) is 4.64. The molecule has 1 aromatic rings. The number of carboxylic acids is 1. The zero-order valence-electron chi connectivity index (χ0n) is 11.6. The molecule has 5 N–H and O–H groups in total. The number of benzene rings is 1. The monoisotopic (exact) mass is 293 g/mol. The van der Waals surface area contributed by atoms with Crippen molar-refractivity contribution in [2.75, 3.05) is 18.4 Å². The second-order valence-corrected chi connectivity index (χ2v) is 4.97. The van der Waals surface area contributed by atoms with Crippen molar-refractivity contribution in [3.8, 4) is 5.75 Å². The average Bonchev–Trinajstić information content (AvgIpc) is 3.24. The standard InChI is InChI=1S/C14H19N3O4/c18-12-10(13(19)20)3-1-4-11(12)17-14(21)16-8-2-7-15-9-5-6-9/h1,3-4,9,15,18H,2,5-8H2,(H,19,20)(H2,16,17,21). The number of rotatable bonds is 7. The summed E-state index contributed by atoms with van der Waals surface area (Å²) in [5.41, 5.74) is -0.176. The lowest BCUT2D eigenvalue weighted by Gasteiger charge is -2.10. The molecule has 0 aromatic heterocycles. The summed E-state index contributed by atoms with van der Waals surface area (Å²) in [4.78, 5) is 22.5. The van der Waals surface area contributed by atoms with Gasteiger partial charge >= 0.3 is 12.0 Å². The molecule has 21 heavy (non-hydrogen) atoms. The van der Waals surface area contributed by atoms with Crippen LogP contribution in [-0.4, -0.2) is 41.3 Å². The van der Waals surface area contributed by atoms with Crippen molar-refractivity contribution in [3.05, 3.63) is 23.8 Å². The molecule has 114 valence electrons. The van der Waals surface area contributed by atoms with E-state index in [2.05, 4.69) is 16.0 Å². The highest BCUT2D eigenvalue weighted by Crippen LogP contribution is 2.27. The van der Waals surface area contributed by atoms with Gasteiger partial charge in [-0.25, -0.2) is 9.59 Å². The molecule has 1 aromatic carbocycles. The van der Waals surface area contributed by atoms with E-state index in [9.17, 15) is 14.7 Å². The average molecular weight is 293 g/mol. The molecule has 0 spiro atoms. The summed E-state index contributed by atoms with van der Waals surface area (Å²) >= 11 is 0. The summed E-state index contributed by atoms with van der Waals surface area (Å²) in [5, 5.41) is 27.1. The first-order valence-corrected chi connectivity index (χ1v) is 6.91. The molecule has 0 radical (unpaired) electrons. The molecule has 0 aliphatic heterocycles. The molecule has 2 amide bonds. The van der Waals surface area contributed by atoms with Gasteiger partial charge in [-0.15, -0.1) is 0 Å². The Kier molecular flexibility index (Phi) is 4.99. The van der Waals surface area contributed by atoms with Crippen LogP contribution in [0.25, 0.3) is 0 Å². The van der Waals surface area contributed by atoms with E-state index in [1.807, 2.05) is 0 Å². The van der Waals surface area contributed by atoms with Gasteiger partial charge in [0.05, 0.1) is 5.69 Å². The van der Waals surface area contributed by atoms with Crippen molar-refractivity contribution in [2.24, 2.45) is 0 Å². The molecule has 1 aliphatic carbocycles. The maximum atomic E-state index is 11.7. The number of urea groups is 1. The third-order valence-electron chi connectivity index (χ3n) is 3.16. The number of hydrogen-bond donors (Lipinski definition) is 5. The van der Waals surface area contributed by atoms with E-state index in [1.165, 1.54) is 31.0 Å². The molecule has 1 saturated carbocycles. The molecular weight excluding hydrogens is 274 g/mol. The molecule has 0 unspecified atom stereocenters. The lowest BCUT2D eigenvalue weighted by molar-refractivity contribution is 0.0693. The predicted molar refractivity (Wildman–Crippen MR) is 77.7 cm³/mol. The van der Waals surface area contributed by atoms with Crippen molar-refractivity contribution >= 4 is 17.7 Å². The Bertz CT molecular complexity index is 529. The zero-order chi connectivity index (χ0) is 15.2. The number of aromatic hydroxyl groups is 1. The normalized spacial score (nSPS) is 13.7. The highest BCUT2D eigenvalue weighted by molar-refractivity contribution is 5.97. The summed E-state index contributed by atoms with van der Waals surface area (Å²) in [5.74, 6) is -1.70. The fourth-order valence-electron chi connectivity index (χ4n) is 1.87. The Labute approximate surface area is 122 Å². The van der Waals surface area contributed by atoms with E-state index >= 15 is 0 Å². The number of para-hydroxylation sites is 1. The fourth-order valence-corrected chi connectivity index (χ4v) is 1.87. The van der Waals surface area contributed by atoms with Crippen LogP contribution in [-0.2, 0) is 0 Å². The summed E-state index contributed by atoms with van der Waals surface area (Å²) in [6.45, 7) is 1.36. The van der Waals surface area contributed by atoms with Gasteiger partial charge in [0.2, 0.25) is 0 Å². The molecule has 7 heteroatoms. The Balaban J connectivity index is 1.76. The largest absolute Gasteiger partial charge is 0.505 e. The van der Waals surface area contributed by atoms with Crippen molar-refractivity contribution < 1.29 is 19.8 Å². The van der Waals surface area contributed by atoms with Crippen molar-refractivity contribution in [3.63, 3.8) is 0 Å². The van der Waals surface area contributed by atoms with Gasteiger partial charge in [-0.05, 0) is 37.9 Å². The number of carboxylic acid groups (broad SMARTS) is 1. The fraction of sp³-hybridized carbons (Fsp3) is 0.429. The van der Waals surface area contributed by atoms with Crippen LogP contribution in [0.2, 0.25) is 0 Å². The minimum Gasteiger partial charge on any atom is -0.505 e. The Morgan fingerprint density at radius 3 is 2.67 bits per heavy atom. The lowest BCUT2D eigenvalue weighted by Crippen LogP contribution is -2.31. The van der Waals surface area contributed by atoms with E-state index in [-0.39, 0.29) is 11.3 Å². The summed E-state index contributed by atoms with van der Waals surface area (Å²) in [7, 11) is 0. The Hall–Kier alpha value is -2.28. The number of carbonyl (C=O) groups excluding carboxylic acids is 1. The van der Waals surface area contributed by atoms with Gasteiger partial charge in [0.15, 0.2) is 5.75 Å². The Morgan fingerprint density at radius 2 is 2.00 bits per heavy atom. The van der Waals surface area contributed by atoms with Gasteiger partial charge in [0, 0.05) is 12.6 Å². The van der Waals surface area contributed by atoms with E-state index in [1.54, 1.807) is 0 Å². The van der Waals surface area contributed by atoms with Gasteiger partial charge < -0.3 is 26.2 Å². The van der Waals surface area contributed by atoms with Crippen LogP contribution in [0.5, 0.6) is 5.75 Å². The van der Waals surface area contributed by atoms with Gasteiger partial charge in [-0.3, -0.25) is 0 Å². The summed E-state index contributed by atoms with van der Waals surface area (Å²) in [6.07, 6.45) is 3.27. The first-order valence-electron chi connectivity index (χ1n) is 6.91. The molecule has 0 saturated heterocycles. The van der Waals surface area contributed by atoms with Crippen LogP contribution >= 0.6 is 0 Å². The maximum absolute atomic E-state index is 11.7. The van der Waals surface area contributed by atoms with Gasteiger partial charge in [-0.2, -0.15) is 0 Å². The first kappa shape index (κ1) is 15.1. The number of nitrogens with one attached hydrogen (secondary N) is 3. The molecule has 1 aliphatic rings. The van der Waals surface area contributed by atoms with Gasteiger partial charge in [-0.1, -0.05) is 6.07 Å². The number of amides is 2. The number of phenols is 1. The molecule has 1 fully saturated rings. The topological polar surface area (TPSA) is 111 Å². The number of anilines is 1. The predicted octanol–water partition coefficient (Wildman–Crippen LogP) is 1.35. The molecule has 0 heterocycles. The summed E-state index contributed by atoms with van der Waals surface area (Å²) < 4.78 is 0. The van der Waals surface area contributed by atoms with Crippen LogP contribution in [0.4, 0.5) is 10.5 Å².